The second-order valence-corrected chi connectivity index (χ2v) is 7.56. The van der Waals surface area contributed by atoms with Gasteiger partial charge in [0, 0.05) is 43.9 Å². The van der Waals surface area contributed by atoms with Crippen LogP contribution in [0.1, 0.15) is 48.9 Å². The molecule has 0 unspecified atom stereocenters. The second kappa shape index (κ2) is 7.00. The van der Waals surface area contributed by atoms with Crippen molar-refractivity contribution in [2.75, 3.05) is 31.1 Å². The van der Waals surface area contributed by atoms with Crippen LogP contribution in [0.2, 0.25) is 0 Å². The molecule has 26 heavy (non-hydrogen) atoms. The lowest BCUT2D eigenvalue weighted by Crippen LogP contribution is -2.56. The number of nitrogens with zero attached hydrogens (tertiary/aromatic N) is 2. The molecule has 1 aromatic carbocycles. The van der Waals surface area contributed by atoms with Crippen LogP contribution in [0.5, 0.6) is 0 Å². The van der Waals surface area contributed by atoms with E-state index in [2.05, 4.69) is 0 Å². The van der Waals surface area contributed by atoms with Crippen molar-refractivity contribution in [2.24, 2.45) is 0 Å². The standard InChI is InChI=1S/C20H26N2O4/c23-17-6-3-13-26-20(17)8-11-21(12-9-20)19(25)15-4-1-5-16(14-15)22-10-2-7-18(22)24/h1,4-5,14,17,23H,2-3,6-13H2/t17-/m0/s1. The van der Waals surface area contributed by atoms with E-state index in [0.717, 1.165) is 31.5 Å². The summed E-state index contributed by atoms with van der Waals surface area (Å²) in [6, 6.07) is 7.36. The minimum Gasteiger partial charge on any atom is -0.390 e. The lowest BCUT2D eigenvalue weighted by Gasteiger charge is -2.46. The predicted molar refractivity (Wildman–Crippen MR) is 97.1 cm³/mol. The first kappa shape index (κ1) is 17.5. The van der Waals surface area contributed by atoms with E-state index in [1.54, 1.807) is 4.90 Å². The fourth-order valence-corrected chi connectivity index (χ4v) is 4.39. The minimum absolute atomic E-state index is 0.0151. The maximum absolute atomic E-state index is 12.9. The van der Waals surface area contributed by atoms with Crippen molar-refractivity contribution < 1.29 is 19.4 Å². The van der Waals surface area contributed by atoms with E-state index in [9.17, 15) is 14.7 Å². The molecule has 1 aromatic rings. The van der Waals surface area contributed by atoms with Gasteiger partial charge in [-0.3, -0.25) is 9.59 Å². The maximum atomic E-state index is 12.9. The molecule has 0 radical (unpaired) electrons. The predicted octanol–water partition coefficient (Wildman–Crippen LogP) is 1.96. The van der Waals surface area contributed by atoms with Crippen molar-refractivity contribution in [1.82, 2.24) is 4.90 Å². The van der Waals surface area contributed by atoms with Crippen LogP contribution in [0, 0.1) is 0 Å². The average molecular weight is 358 g/mol. The summed E-state index contributed by atoms with van der Waals surface area (Å²) >= 11 is 0. The van der Waals surface area contributed by atoms with Crippen LogP contribution in [0.25, 0.3) is 0 Å². The maximum Gasteiger partial charge on any atom is 0.253 e. The van der Waals surface area contributed by atoms with Crippen LogP contribution >= 0.6 is 0 Å². The van der Waals surface area contributed by atoms with Crippen molar-refractivity contribution in [1.29, 1.82) is 0 Å². The van der Waals surface area contributed by atoms with E-state index in [-0.39, 0.29) is 11.8 Å². The van der Waals surface area contributed by atoms with Crippen molar-refractivity contribution >= 4 is 17.5 Å². The molecule has 6 heteroatoms. The topological polar surface area (TPSA) is 70.1 Å². The van der Waals surface area contributed by atoms with E-state index >= 15 is 0 Å². The van der Waals surface area contributed by atoms with Crippen molar-refractivity contribution in [3.8, 4) is 0 Å². The molecule has 1 atom stereocenters. The Balaban J connectivity index is 1.45. The summed E-state index contributed by atoms with van der Waals surface area (Å²) in [4.78, 5) is 28.5. The summed E-state index contributed by atoms with van der Waals surface area (Å²) in [6.07, 6.45) is 4.03. The van der Waals surface area contributed by atoms with E-state index < -0.39 is 11.7 Å². The lowest BCUT2D eigenvalue weighted by molar-refractivity contribution is -0.174. The first-order chi connectivity index (χ1) is 12.6. The summed E-state index contributed by atoms with van der Waals surface area (Å²) < 4.78 is 5.92. The number of carbonyl (C=O) groups excluding carboxylic acids is 2. The number of ether oxygens (including phenoxy) is 1. The van der Waals surface area contributed by atoms with Gasteiger partial charge >= 0.3 is 0 Å². The zero-order chi connectivity index (χ0) is 18.1. The SMILES string of the molecule is O=C(c1cccc(N2CCCC2=O)c1)N1CCC2(CC1)OCCC[C@@H]2O. The molecule has 4 rings (SSSR count). The van der Waals surface area contributed by atoms with Crippen LogP contribution in [-0.4, -0.2) is 59.8 Å². The molecule has 0 aliphatic carbocycles. The molecule has 2 amide bonds. The largest absolute Gasteiger partial charge is 0.390 e. The third kappa shape index (κ3) is 3.12. The molecular weight excluding hydrogens is 332 g/mol. The zero-order valence-electron chi connectivity index (χ0n) is 15.0. The molecule has 6 nitrogen and oxygen atoms in total. The molecule has 1 spiro atoms. The summed E-state index contributed by atoms with van der Waals surface area (Å²) in [5.41, 5.74) is 0.944. The van der Waals surface area contributed by atoms with E-state index in [4.69, 9.17) is 4.74 Å². The van der Waals surface area contributed by atoms with Crippen LogP contribution in [0.15, 0.2) is 24.3 Å². The molecular formula is C20H26N2O4. The summed E-state index contributed by atoms with van der Waals surface area (Å²) in [5, 5.41) is 10.3. The number of benzene rings is 1. The summed E-state index contributed by atoms with van der Waals surface area (Å²) in [7, 11) is 0. The Hall–Kier alpha value is -1.92. The molecule has 3 heterocycles. The number of carbonyl (C=O) groups is 2. The number of likely N-dealkylation sites (tertiary alicyclic amines) is 1. The zero-order valence-corrected chi connectivity index (χ0v) is 15.0. The number of rotatable bonds is 2. The third-order valence-electron chi connectivity index (χ3n) is 5.99. The van der Waals surface area contributed by atoms with Crippen LogP contribution in [0.4, 0.5) is 5.69 Å². The summed E-state index contributed by atoms with van der Waals surface area (Å²) in [5.74, 6) is 0.108. The van der Waals surface area contributed by atoms with Gasteiger partial charge in [0.15, 0.2) is 0 Å². The Kier molecular flexibility index (Phi) is 4.71. The van der Waals surface area contributed by atoms with E-state index in [0.29, 0.717) is 44.5 Å². The Morgan fingerprint density at radius 3 is 2.69 bits per heavy atom. The molecule has 3 saturated heterocycles. The van der Waals surface area contributed by atoms with Gasteiger partial charge in [-0.1, -0.05) is 6.07 Å². The van der Waals surface area contributed by atoms with Crippen molar-refractivity contribution in [3.63, 3.8) is 0 Å². The normalized spacial score (nSPS) is 25.7. The molecule has 1 N–H and O–H groups in total. The van der Waals surface area contributed by atoms with Gasteiger partial charge in [-0.05, 0) is 50.3 Å². The number of amides is 2. The number of aliphatic hydroxyl groups is 1. The Bertz CT molecular complexity index is 697. The molecule has 3 fully saturated rings. The van der Waals surface area contributed by atoms with Crippen LogP contribution in [0.3, 0.4) is 0 Å². The van der Waals surface area contributed by atoms with Gasteiger partial charge in [-0.25, -0.2) is 0 Å². The molecule has 0 saturated carbocycles. The Labute approximate surface area is 153 Å². The van der Waals surface area contributed by atoms with E-state index in [1.165, 1.54) is 0 Å². The van der Waals surface area contributed by atoms with Crippen molar-refractivity contribution in [2.45, 2.75) is 50.2 Å². The summed E-state index contributed by atoms with van der Waals surface area (Å²) in [6.45, 7) is 2.58. The number of hydrogen-bond donors (Lipinski definition) is 1. The van der Waals surface area contributed by atoms with Gasteiger partial charge in [0.2, 0.25) is 5.91 Å². The molecule has 3 aliphatic rings. The number of aliphatic hydroxyl groups excluding tert-OH is 1. The lowest BCUT2D eigenvalue weighted by atomic mass is 9.82. The smallest absolute Gasteiger partial charge is 0.253 e. The number of hydrogen-bond acceptors (Lipinski definition) is 4. The van der Waals surface area contributed by atoms with Gasteiger partial charge in [0.25, 0.3) is 5.91 Å². The first-order valence-corrected chi connectivity index (χ1v) is 9.61. The highest BCUT2D eigenvalue weighted by Gasteiger charge is 2.44. The van der Waals surface area contributed by atoms with Gasteiger partial charge in [0.1, 0.15) is 0 Å². The van der Waals surface area contributed by atoms with Gasteiger partial charge in [0.05, 0.1) is 11.7 Å². The third-order valence-corrected chi connectivity index (χ3v) is 5.99. The van der Waals surface area contributed by atoms with Gasteiger partial charge in [-0.2, -0.15) is 0 Å². The highest BCUT2D eigenvalue weighted by molar-refractivity contribution is 5.99. The van der Waals surface area contributed by atoms with Gasteiger partial charge < -0.3 is 19.6 Å². The molecule has 140 valence electrons. The second-order valence-electron chi connectivity index (χ2n) is 7.56. The molecule has 0 bridgehead atoms. The average Bonchev–Trinajstić information content (AvgIpc) is 3.10. The number of piperidine rings is 1. The van der Waals surface area contributed by atoms with Gasteiger partial charge in [-0.15, -0.1) is 0 Å². The highest BCUT2D eigenvalue weighted by Crippen LogP contribution is 2.35. The van der Waals surface area contributed by atoms with Crippen molar-refractivity contribution in [3.05, 3.63) is 29.8 Å². The number of anilines is 1. The van der Waals surface area contributed by atoms with E-state index in [1.807, 2.05) is 29.2 Å². The van der Waals surface area contributed by atoms with Crippen LogP contribution in [-0.2, 0) is 9.53 Å². The monoisotopic (exact) mass is 358 g/mol. The fourth-order valence-electron chi connectivity index (χ4n) is 4.39. The quantitative estimate of drug-likeness (QED) is 0.877. The highest BCUT2D eigenvalue weighted by atomic mass is 16.5. The molecule has 3 aliphatic heterocycles. The Morgan fingerprint density at radius 1 is 1.19 bits per heavy atom. The molecule has 0 aromatic heterocycles. The van der Waals surface area contributed by atoms with Crippen LogP contribution < -0.4 is 4.90 Å². The first-order valence-electron chi connectivity index (χ1n) is 9.61. The Morgan fingerprint density at radius 2 is 2.00 bits per heavy atom. The fraction of sp³-hybridized carbons (Fsp3) is 0.600. The minimum atomic E-state index is -0.473.